The molecule has 3 rings (SSSR count). The van der Waals surface area contributed by atoms with Crippen LogP contribution in [0.15, 0.2) is 23.1 Å². The second-order valence-corrected chi connectivity index (χ2v) is 8.58. The third-order valence-electron chi connectivity index (χ3n) is 6.13. The van der Waals surface area contributed by atoms with Gasteiger partial charge in [-0.15, -0.1) is 0 Å². The number of benzene rings is 1. The van der Waals surface area contributed by atoms with Crippen molar-refractivity contribution >= 4 is 28.5 Å². The summed E-state index contributed by atoms with van der Waals surface area (Å²) < 4.78 is 21.8. The molecule has 1 saturated carbocycles. The molecule has 0 bridgehead atoms. The molecule has 0 radical (unpaired) electrons. The number of hydrogen-bond acceptors (Lipinski definition) is 5. The highest BCUT2D eigenvalue weighted by atomic mass is 19.1. The van der Waals surface area contributed by atoms with E-state index in [1.165, 1.54) is 25.6 Å². The van der Waals surface area contributed by atoms with Crippen LogP contribution in [-0.4, -0.2) is 47.6 Å². The minimum atomic E-state index is -0.745. The van der Waals surface area contributed by atoms with Crippen LogP contribution in [0.5, 0.6) is 0 Å². The molecular weight excluding hydrogens is 413 g/mol. The molecule has 1 atom stereocenters. The Morgan fingerprint density at radius 2 is 1.97 bits per heavy atom. The van der Waals surface area contributed by atoms with Gasteiger partial charge < -0.3 is 19.5 Å². The molecule has 7 nitrogen and oxygen atoms in total. The molecule has 0 saturated heterocycles. The fourth-order valence-electron chi connectivity index (χ4n) is 4.28. The molecule has 32 heavy (non-hydrogen) atoms. The lowest BCUT2D eigenvalue weighted by Crippen LogP contribution is -2.31. The van der Waals surface area contributed by atoms with Crippen molar-refractivity contribution in [3.05, 3.63) is 39.9 Å². The summed E-state index contributed by atoms with van der Waals surface area (Å²) in [7, 11) is 1.69. The van der Waals surface area contributed by atoms with Crippen LogP contribution in [0.3, 0.4) is 0 Å². The molecule has 1 unspecified atom stereocenters. The normalized spacial score (nSPS) is 15.4. The zero-order valence-corrected chi connectivity index (χ0v) is 19.2. The monoisotopic (exact) mass is 445 g/mol. The average Bonchev–Trinajstić information content (AvgIpc) is 2.75. The summed E-state index contributed by atoms with van der Waals surface area (Å²) in [5.74, 6) is -1.37. The number of amides is 1. The average molecular weight is 446 g/mol. The van der Waals surface area contributed by atoms with E-state index in [2.05, 4.69) is 5.32 Å². The lowest BCUT2D eigenvalue weighted by Gasteiger charge is -2.26. The summed E-state index contributed by atoms with van der Waals surface area (Å²) in [6.45, 7) is 5.50. The fraction of sp³-hybridized carbons (Fsp3) is 0.542. The van der Waals surface area contributed by atoms with Crippen molar-refractivity contribution in [3.8, 4) is 0 Å². The van der Waals surface area contributed by atoms with Crippen LogP contribution >= 0.6 is 0 Å². The van der Waals surface area contributed by atoms with Gasteiger partial charge in [-0.3, -0.25) is 9.59 Å². The lowest BCUT2D eigenvalue weighted by atomic mass is 9.95. The maximum absolute atomic E-state index is 15.0. The molecule has 1 aliphatic carbocycles. The number of carbonyl (C=O) groups is 2. The Kier molecular flexibility index (Phi) is 7.53. The second kappa shape index (κ2) is 10.1. The Morgan fingerprint density at radius 1 is 1.28 bits per heavy atom. The van der Waals surface area contributed by atoms with Gasteiger partial charge in [-0.25, -0.2) is 9.18 Å². The van der Waals surface area contributed by atoms with Crippen molar-refractivity contribution in [2.75, 3.05) is 25.5 Å². The van der Waals surface area contributed by atoms with Crippen molar-refractivity contribution in [1.82, 2.24) is 9.47 Å². The van der Waals surface area contributed by atoms with E-state index in [9.17, 15) is 14.4 Å². The molecule has 2 aromatic rings. The van der Waals surface area contributed by atoms with Gasteiger partial charge >= 0.3 is 5.97 Å². The van der Waals surface area contributed by atoms with Crippen LogP contribution in [0.4, 0.5) is 10.1 Å². The number of rotatable bonds is 7. The lowest BCUT2D eigenvalue weighted by molar-refractivity contribution is -0.127. The molecule has 8 heteroatoms. The maximum Gasteiger partial charge on any atom is 0.343 e. The van der Waals surface area contributed by atoms with Crippen LogP contribution in [0.2, 0.25) is 0 Å². The van der Waals surface area contributed by atoms with Crippen molar-refractivity contribution < 1.29 is 18.7 Å². The van der Waals surface area contributed by atoms with Gasteiger partial charge in [0, 0.05) is 44.2 Å². The van der Waals surface area contributed by atoms with Crippen molar-refractivity contribution in [1.29, 1.82) is 0 Å². The van der Waals surface area contributed by atoms with Gasteiger partial charge in [0.2, 0.25) is 11.3 Å². The van der Waals surface area contributed by atoms with E-state index in [1.54, 1.807) is 29.5 Å². The predicted molar refractivity (Wildman–Crippen MR) is 123 cm³/mol. The molecule has 1 heterocycles. The molecule has 0 spiro atoms. The summed E-state index contributed by atoms with van der Waals surface area (Å²) in [5.41, 5.74) is 0.134. The second-order valence-electron chi connectivity index (χ2n) is 8.58. The van der Waals surface area contributed by atoms with E-state index in [0.717, 1.165) is 25.7 Å². The Labute approximate surface area is 187 Å². The Morgan fingerprint density at radius 3 is 2.59 bits per heavy atom. The number of anilines is 1. The molecular formula is C24H32FN3O4. The number of esters is 1. The van der Waals surface area contributed by atoms with Crippen LogP contribution in [0.25, 0.3) is 10.9 Å². The van der Waals surface area contributed by atoms with Crippen LogP contribution in [0, 0.1) is 5.82 Å². The summed E-state index contributed by atoms with van der Waals surface area (Å²) >= 11 is 0. The first kappa shape index (κ1) is 23.8. The zero-order valence-electron chi connectivity index (χ0n) is 19.2. The first-order valence-electron chi connectivity index (χ1n) is 11.3. The van der Waals surface area contributed by atoms with Gasteiger partial charge in [-0.1, -0.05) is 19.3 Å². The number of carbonyl (C=O) groups excluding carboxylic acids is 2. The minimum Gasteiger partial charge on any atom is -0.462 e. The highest BCUT2D eigenvalue weighted by molar-refractivity contribution is 5.94. The van der Waals surface area contributed by atoms with Crippen LogP contribution < -0.4 is 10.7 Å². The number of nitrogens with zero attached hydrogens (tertiary/aromatic N) is 2. The SMILES string of the molecule is CCOC(=O)c1cn(C(C)CN(C)C(C)=O)c2cc(NC3CCCCC3)c(F)cc2c1=O. The number of halogens is 1. The number of likely N-dealkylation sites (N-methyl/N-ethyl adjacent to an activating group) is 1. The van der Waals surface area contributed by atoms with Crippen molar-refractivity contribution in [3.63, 3.8) is 0 Å². The third-order valence-corrected chi connectivity index (χ3v) is 6.13. The van der Waals surface area contributed by atoms with E-state index >= 15 is 4.39 Å². The minimum absolute atomic E-state index is 0.0986. The Bertz CT molecular complexity index is 1060. The number of nitrogens with one attached hydrogen (secondary N) is 1. The van der Waals surface area contributed by atoms with Gasteiger partial charge in [-0.2, -0.15) is 0 Å². The number of hydrogen-bond donors (Lipinski definition) is 1. The number of fused-ring (bicyclic) bond motifs is 1. The smallest absolute Gasteiger partial charge is 0.343 e. The van der Waals surface area contributed by atoms with E-state index in [-0.39, 0.29) is 35.5 Å². The number of pyridine rings is 1. The van der Waals surface area contributed by atoms with Gasteiger partial charge in [0.1, 0.15) is 11.4 Å². The quantitative estimate of drug-likeness (QED) is 0.649. The fourth-order valence-corrected chi connectivity index (χ4v) is 4.28. The third kappa shape index (κ3) is 5.11. The molecule has 1 aliphatic rings. The molecule has 0 aliphatic heterocycles. The molecule has 1 aromatic carbocycles. The number of ether oxygens (including phenoxy) is 1. The van der Waals surface area contributed by atoms with Crippen LogP contribution in [0.1, 0.15) is 69.3 Å². The highest BCUT2D eigenvalue weighted by Crippen LogP contribution is 2.28. The maximum atomic E-state index is 15.0. The summed E-state index contributed by atoms with van der Waals surface area (Å²) in [6, 6.07) is 2.76. The molecule has 1 fully saturated rings. The van der Waals surface area contributed by atoms with Crippen LogP contribution in [-0.2, 0) is 9.53 Å². The molecule has 1 amide bonds. The van der Waals surface area contributed by atoms with Gasteiger partial charge in [0.25, 0.3) is 0 Å². The first-order chi connectivity index (χ1) is 15.2. The topological polar surface area (TPSA) is 80.6 Å². The Hall–Kier alpha value is -2.90. The summed E-state index contributed by atoms with van der Waals surface area (Å²) in [5, 5.41) is 3.41. The largest absolute Gasteiger partial charge is 0.462 e. The van der Waals surface area contributed by atoms with Gasteiger partial charge in [0.05, 0.1) is 17.8 Å². The summed E-state index contributed by atoms with van der Waals surface area (Å²) in [4.78, 5) is 38.8. The van der Waals surface area contributed by atoms with E-state index in [1.807, 2.05) is 6.92 Å². The van der Waals surface area contributed by atoms with E-state index < -0.39 is 17.2 Å². The van der Waals surface area contributed by atoms with E-state index in [0.29, 0.717) is 17.7 Å². The first-order valence-corrected chi connectivity index (χ1v) is 11.3. The highest BCUT2D eigenvalue weighted by Gasteiger charge is 2.22. The van der Waals surface area contributed by atoms with Crippen molar-refractivity contribution in [2.45, 2.75) is 65.0 Å². The summed E-state index contributed by atoms with van der Waals surface area (Å²) in [6.07, 6.45) is 6.82. The zero-order chi connectivity index (χ0) is 23.4. The number of aromatic nitrogens is 1. The van der Waals surface area contributed by atoms with Gasteiger partial charge in [-0.05, 0) is 38.8 Å². The van der Waals surface area contributed by atoms with E-state index in [4.69, 9.17) is 4.74 Å². The Balaban J connectivity index is 2.13. The molecule has 1 N–H and O–H groups in total. The molecule has 174 valence electrons. The van der Waals surface area contributed by atoms with Crippen molar-refractivity contribution in [2.24, 2.45) is 0 Å². The van der Waals surface area contributed by atoms with Gasteiger partial charge in [0.15, 0.2) is 0 Å². The molecule has 1 aromatic heterocycles. The standard InChI is InChI=1S/C24H32FN3O4/c1-5-32-24(31)19-14-28(15(2)13-27(4)16(3)29)22-12-21(20(25)11-18(22)23(19)30)26-17-9-7-6-8-10-17/h11-12,14-15,17,26H,5-10,13H2,1-4H3. The predicted octanol–water partition coefficient (Wildman–Crippen LogP) is 4.10.